The molecule has 0 saturated carbocycles. The number of thiazole rings is 1. The lowest BCUT2D eigenvalue weighted by atomic mass is 9.90. The summed E-state index contributed by atoms with van der Waals surface area (Å²) in [5.41, 5.74) is 2.97. The van der Waals surface area contributed by atoms with Crippen LogP contribution in [0.2, 0.25) is 0 Å². The lowest BCUT2D eigenvalue weighted by Gasteiger charge is -2.19. The second-order valence-corrected chi connectivity index (χ2v) is 7.53. The average Bonchev–Trinajstić information content (AvgIpc) is 3.19. The summed E-state index contributed by atoms with van der Waals surface area (Å²) in [6, 6.07) is 7.37. The number of fused-ring (bicyclic) bond motifs is 2. The van der Waals surface area contributed by atoms with Gasteiger partial charge in [-0.25, -0.2) is 9.78 Å². The van der Waals surface area contributed by atoms with Crippen molar-refractivity contribution in [3.8, 4) is 0 Å². The van der Waals surface area contributed by atoms with Crippen LogP contribution in [-0.4, -0.2) is 33.4 Å². The van der Waals surface area contributed by atoms with E-state index in [0.29, 0.717) is 10.9 Å². The Labute approximate surface area is 168 Å². The van der Waals surface area contributed by atoms with E-state index in [1.165, 1.54) is 0 Å². The van der Waals surface area contributed by atoms with Gasteiger partial charge in [0.05, 0.1) is 16.0 Å². The Morgan fingerprint density at radius 1 is 1.24 bits per heavy atom. The minimum Gasteiger partial charge on any atom is -0.452 e. The summed E-state index contributed by atoms with van der Waals surface area (Å²) in [6.07, 6.45) is 4.60. The SMILES string of the molecule is O=C(COC(=O)c1c2c(nc3ccccc13)CCCC2)Nc1ncc([N+](=O)[O-])s1. The molecule has 0 saturated heterocycles. The summed E-state index contributed by atoms with van der Waals surface area (Å²) < 4.78 is 5.25. The van der Waals surface area contributed by atoms with Crippen molar-refractivity contribution < 1.29 is 19.2 Å². The van der Waals surface area contributed by atoms with Crippen LogP contribution in [0.15, 0.2) is 30.5 Å². The van der Waals surface area contributed by atoms with Gasteiger partial charge in [0.2, 0.25) is 0 Å². The van der Waals surface area contributed by atoms with Crippen LogP contribution in [0.4, 0.5) is 10.1 Å². The molecule has 0 radical (unpaired) electrons. The first kappa shape index (κ1) is 18.9. The fourth-order valence-corrected chi connectivity index (χ4v) is 4.02. The van der Waals surface area contributed by atoms with Crippen LogP contribution in [0.25, 0.3) is 10.9 Å². The summed E-state index contributed by atoms with van der Waals surface area (Å²) in [5.74, 6) is -1.20. The maximum absolute atomic E-state index is 12.8. The van der Waals surface area contributed by atoms with Gasteiger partial charge in [0.25, 0.3) is 5.91 Å². The Balaban J connectivity index is 1.51. The average molecular weight is 412 g/mol. The number of carbonyl (C=O) groups is 2. The zero-order valence-corrected chi connectivity index (χ0v) is 16.0. The number of nitro groups is 1. The minimum atomic E-state index is -0.616. The molecule has 1 aromatic carbocycles. The van der Waals surface area contributed by atoms with Gasteiger partial charge in [-0.05, 0) is 48.6 Å². The number of esters is 1. The predicted molar refractivity (Wildman–Crippen MR) is 106 cm³/mol. The number of rotatable bonds is 5. The van der Waals surface area contributed by atoms with Gasteiger partial charge in [-0.15, -0.1) is 0 Å². The zero-order chi connectivity index (χ0) is 20.4. The molecule has 148 valence electrons. The van der Waals surface area contributed by atoms with E-state index in [9.17, 15) is 19.7 Å². The first-order valence-electron chi connectivity index (χ1n) is 9.00. The summed E-state index contributed by atoms with van der Waals surface area (Å²) in [5, 5.41) is 13.7. The fraction of sp³-hybridized carbons (Fsp3) is 0.263. The molecule has 1 N–H and O–H groups in total. The van der Waals surface area contributed by atoms with Crippen molar-refractivity contribution in [3.05, 3.63) is 57.4 Å². The summed E-state index contributed by atoms with van der Waals surface area (Å²) >= 11 is 0.730. The number of pyridine rings is 1. The molecule has 1 amide bonds. The second-order valence-electron chi connectivity index (χ2n) is 6.52. The van der Waals surface area contributed by atoms with Gasteiger partial charge in [0, 0.05) is 11.1 Å². The Bertz CT molecular complexity index is 1130. The lowest BCUT2D eigenvalue weighted by molar-refractivity contribution is -0.380. The number of carbonyl (C=O) groups excluding carboxylic acids is 2. The number of nitrogens with zero attached hydrogens (tertiary/aromatic N) is 3. The molecule has 3 aromatic rings. The smallest absolute Gasteiger partial charge is 0.345 e. The Hall–Kier alpha value is -3.40. The molecule has 2 aromatic heterocycles. The van der Waals surface area contributed by atoms with Crippen LogP contribution in [0.1, 0.15) is 34.5 Å². The topological polar surface area (TPSA) is 124 Å². The van der Waals surface area contributed by atoms with Crippen molar-refractivity contribution in [1.29, 1.82) is 0 Å². The standard InChI is InChI=1S/C19H16N4O5S/c24-15(22-19-20-9-16(29-19)23(26)27)10-28-18(25)17-11-5-1-3-7-13(11)21-14-8-4-2-6-12(14)17/h1,3,5,7,9H,2,4,6,8,10H2,(H,20,22,24). The third-order valence-corrected chi connectivity index (χ3v) is 5.49. The molecule has 1 aliphatic carbocycles. The number of anilines is 1. The predicted octanol–water partition coefficient (Wildman–Crippen LogP) is 3.27. The lowest BCUT2D eigenvalue weighted by Crippen LogP contribution is -2.22. The van der Waals surface area contributed by atoms with Gasteiger partial charge in [-0.1, -0.05) is 18.2 Å². The highest BCUT2D eigenvalue weighted by molar-refractivity contribution is 7.18. The molecule has 0 aliphatic heterocycles. The minimum absolute atomic E-state index is 0.0736. The number of ether oxygens (including phenoxy) is 1. The molecule has 29 heavy (non-hydrogen) atoms. The Morgan fingerprint density at radius 3 is 2.83 bits per heavy atom. The molecule has 4 rings (SSSR count). The maximum Gasteiger partial charge on any atom is 0.345 e. The highest BCUT2D eigenvalue weighted by Gasteiger charge is 2.24. The molecule has 0 unspecified atom stereocenters. The Morgan fingerprint density at radius 2 is 2.03 bits per heavy atom. The largest absolute Gasteiger partial charge is 0.452 e. The van der Waals surface area contributed by atoms with E-state index >= 15 is 0 Å². The van der Waals surface area contributed by atoms with Crippen LogP contribution in [-0.2, 0) is 22.4 Å². The van der Waals surface area contributed by atoms with Crippen LogP contribution in [0.3, 0.4) is 0 Å². The molecule has 2 heterocycles. The third-order valence-electron chi connectivity index (χ3n) is 4.63. The number of nitrogens with one attached hydrogen (secondary N) is 1. The van der Waals surface area contributed by atoms with Gasteiger partial charge in [0.15, 0.2) is 11.7 Å². The van der Waals surface area contributed by atoms with Crippen LogP contribution in [0.5, 0.6) is 0 Å². The number of para-hydroxylation sites is 1. The van der Waals surface area contributed by atoms with Crippen molar-refractivity contribution in [3.63, 3.8) is 0 Å². The van der Waals surface area contributed by atoms with Crippen molar-refractivity contribution in [2.24, 2.45) is 0 Å². The summed E-state index contributed by atoms with van der Waals surface area (Å²) in [4.78, 5) is 43.5. The summed E-state index contributed by atoms with van der Waals surface area (Å²) in [7, 11) is 0. The van der Waals surface area contributed by atoms with E-state index in [0.717, 1.165) is 60.0 Å². The van der Waals surface area contributed by atoms with Crippen LogP contribution < -0.4 is 5.32 Å². The second kappa shape index (κ2) is 7.92. The van der Waals surface area contributed by atoms with Crippen molar-refractivity contribution in [1.82, 2.24) is 9.97 Å². The van der Waals surface area contributed by atoms with Crippen molar-refractivity contribution >= 4 is 44.2 Å². The molecule has 0 spiro atoms. The van der Waals surface area contributed by atoms with E-state index in [1.807, 2.05) is 24.3 Å². The first-order chi connectivity index (χ1) is 14.0. The monoisotopic (exact) mass is 412 g/mol. The van der Waals surface area contributed by atoms with Crippen molar-refractivity contribution in [2.45, 2.75) is 25.7 Å². The zero-order valence-electron chi connectivity index (χ0n) is 15.2. The van der Waals surface area contributed by atoms with Crippen molar-refractivity contribution in [2.75, 3.05) is 11.9 Å². The number of aryl methyl sites for hydroxylation is 1. The molecule has 0 atom stereocenters. The highest BCUT2D eigenvalue weighted by atomic mass is 32.1. The third kappa shape index (κ3) is 3.92. The van der Waals surface area contributed by atoms with E-state index < -0.39 is 23.4 Å². The normalized spacial score (nSPS) is 13.0. The summed E-state index contributed by atoms with van der Waals surface area (Å²) in [6.45, 7) is -0.516. The molecule has 0 fully saturated rings. The molecule has 10 heteroatoms. The Kier molecular flexibility index (Phi) is 5.17. The van der Waals surface area contributed by atoms with Gasteiger partial charge in [-0.3, -0.25) is 25.2 Å². The molecular formula is C19H16N4O5S. The van der Waals surface area contributed by atoms with Gasteiger partial charge in [0.1, 0.15) is 6.20 Å². The van der Waals surface area contributed by atoms with Gasteiger partial charge >= 0.3 is 11.0 Å². The number of amides is 1. The van der Waals surface area contributed by atoms with E-state index in [-0.39, 0.29) is 10.1 Å². The highest BCUT2D eigenvalue weighted by Crippen LogP contribution is 2.30. The van der Waals surface area contributed by atoms with Gasteiger partial charge < -0.3 is 4.74 Å². The van der Waals surface area contributed by atoms with E-state index in [2.05, 4.69) is 15.3 Å². The quantitative estimate of drug-likeness (QED) is 0.387. The molecule has 9 nitrogen and oxygen atoms in total. The number of hydrogen-bond donors (Lipinski definition) is 1. The van der Waals surface area contributed by atoms with Crippen LogP contribution in [0, 0.1) is 10.1 Å². The molecule has 1 aliphatic rings. The van der Waals surface area contributed by atoms with Gasteiger partial charge in [-0.2, -0.15) is 0 Å². The number of benzene rings is 1. The van der Waals surface area contributed by atoms with E-state index in [4.69, 9.17) is 4.74 Å². The molecular weight excluding hydrogens is 396 g/mol. The number of aromatic nitrogens is 2. The number of hydrogen-bond acceptors (Lipinski definition) is 8. The maximum atomic E-state index is 12.8. The van der Waals surface area contributed by atoms with E-state index in [1.54, 1.807) is 0 Å². The molecule has 0 bridgehead atoms. The fourth-order valence-electron chi connectivity index (χ4n) is 3.37. The van der Waals surface area contributed by atoms with Crippen LogP contribution >= 0.6 is 11.3 Å². The first-order valence-corrected chi connectivity index (χ1v) is 9.82.